The fourth-order valence-corrected chi connectivity index (χ4v) is 2.86. The van der Waals surface area contributed by atoms with Crippen molar-refractivity contribution in [3.8, 4) is 0 Å². The van der Waals surface area contributed by atoms with Crippen LogP contribution in [-0.2, 0) is 0 Å². The Morgan fingerprint density at radius 3 is 2.75 bits per heavy atom. The zero-order chi connectivity index (χ0) is 14.5. The van der Waals surface area contributed by atoms with E-state index >= 15 is 0 Å². The summed E-state index contributed by atoms with van der Waals surface area (Å²) in [6, 6.07) is 4.68. The molecule has 1 aromatic rings. The number of halogens is 2. The van der Waals surface area contributed by atoms with Gasteiger partial charge in [0.25, 0.3) is 0 Å². The molecule has 0 aliphatic heterocycles. The molecule has 0 saturated heterocycles. The number of unbranched alkanes of at least 4 members (excludes halogenated alkanes) is 2. The molecule has 1 aliphatic rings. The van der Waals surface area contributed by atoms with Gasteiger partial charge < -0.3 is 5.21 Å². The van der Waals surface area contributed by atoms with Gasteiger partial charge in [-0.25, -0.2) is 4.39 Å². The van der Waals surface area contributed by atoms with Crippen LogP contribution in [0.5, 0.6) is 0 Å². The molecule has 0 heterocycles. The topological polar surface area (TPSA) is 32.6 Å². The lowest BCUT2D eigenvalue weighted by Gasteiger charge is -2.09. The third-order valence-electron chi connectivity index (χ3n) is 3.72. The van der Waals surface area contributed by atoms with Gasteiger partial charge in [0.15, 0.2) is 0 Å². The first-order valence-electron chi connectivity index (χ1n) is 7.06. The van der Waals surface area contributed by atoms with Crippen LogP contribution in [0, 0.1) is 5.82 Å². The Balaban J connectivity index is 2.34. The molecule has 0 atom stereocenters. The number of hydrogen-bond acceptors (Lipinski definition) is 2. The van der Waals surface area contributed by atoms with Gasteiger partial charge >= 0.3 is 0 Å². The maximum Gasteiger partial charge on any atom is 0.141 e. The van der Waals surface area contributed by atoms with Crippen molar-refractivity contribution in [2.24, 2.45) is 5.16 Å². The van der Waals surface area contributed by atoms with Crippen LogP contribution in [-0.4, -0.2) is 10.9 Å². The largest absolute Gasteiger partial charge is 0.411 e. The van der Waals surface area contributed by atoms with Gasteiger partial charge in [0.05, 0.1) is 10.7 Å². The molecule has 0 fully saturated rings. The Labute approximate surface area is 123 Å². The highest BCUT2D eigenvalue weighted by molar-refractivity contribution is 6.32. The van der Waals surface area contributed by atoms with Crippen LogP contribution < -0.4 is 0 Å². The summed E-state index contributed by atoms with van der Waals surface area (Å²) in [5.41, 5.74) is 3.76. The quantitative estimate of drug-likeness (QED) is 0.438. The van der Waals surface area contributed by atoms with Gasteiger partial charge in [-0.2, -0.15) is 0 Å². The third-order valence-corrected chi connectivity index (χ3v) is 4.01. The minimum absolute atomic E-state index is 0.104. The summed E-state index contributed by atoms with van der Waals surface area (Å²) in [6.07, 6.45) is 6.13. The molecule has 20 heavy (non-hydrogen) atoms. The van der Waals surface area contributed by atoms with Crippen LogP contribution in [0.3, 0.4) is 0 Å². The van der Waals surface area contributed by atoms with Gasteiger partial charge in [-0.15, -0.1) is 0 Å². The maximum atomic E-state index is 13.3. The van der Waals surface area contributed by atoms with Crippen LogP contribution in [0.1, 0.15) is 51.0 Å². The Hall–Kier alpha value is -1.35. The first-order chi connectivity index (χ1) is 9.67. The Bertz CT molecular complexity index is 551. The molecule has 0 unspecified atom stereocenters. The molecule has 0 amide bonds. The van der Waals surface area contributed by atoms with Crippen LogP contribution in [0.25, 0.3) is 5.57 Å². The standard InChI is InChI=1S/C16H19ClFNO/c1-2-3-4-5-11-7-9-15(19-20)16(11)12-6-8-14(18)13(17)10-12/h6,8,10,20H,2-5,7,9H2,1H3/b19-15+. The van der Waals surface area contributed by atoms with Crippen molar-refractivity contribution in [3.63, 3.8) is 0 Å². The van der Waals surface area contributed by atoms with Gasteiger partial charge in [-0.1, -0.05) is 48.2 Å². The number of hydrogen-bond donors (Lipinski definition) is 1. The van der Waals surface area contributed by atoms with Crippen molar-refractivity contribution >= 4 is 22.9 Å². The highest BCUT2D eigenvalue weighted by Crippen LogP contribution is 2.36. The normalized spacial score (nSPS) is 17.2. The Morgan fingerprint density at radius 2 is 2.10 bits per heavy atom. The first kappa shape index (κ1) is 15.0. The fraction of sp³-hybridized carbons (Fsp3) is 0.438. The number of oxime groups is 1. The van der Waals surface area contributed by atoms with E-state index in [1.165, 1.54) is 24.5 Å². The van der Waals surface area contributed by atoms with E-state index in [-0.39, 0.29) is 5.02 Å². The summed E-state index contributed by atoms with van der Waals surface area (Å²) < 4.78 is 13.3. The molecule has 1 aliphatic carbocycles. The zero-order valence-corrected chi connectivity index (χ0v) is 12.4. The summed E-state index contributed by atoms with van der Waals surface area (Å²) >= 11 is 5.86. The smallest absolute Gasteiger partial charge is 0.141 e. The SMILES string of the molecule is CCCCCC1=C(c2ccc(F)c(Cl)c2)/C(=N/O)CC1. The minimum atomic E-state index is -0.427. The molecule has 1 N–H and O–H groups in total. The lowest BCUT2D eigenvalue weighted by molar-refractivity contribution is 0.319. The summed E-state index contributed by atoms with van der Waals surface area (Å²) in [5.74, 6) is -0.427. The molecule has 0 aromatic heterocycles. The maximum absolute atomic E-state index is 13.3. The van der Waals surface area contributed by atoms with E-state index in [1.54, 1.807) is 12.1 Å². The van der Waals surface area contributed by atoms with Gasteiger partial charge in [-0.05, 0) is 43.4 Å². The summed E-state index contributed by atoms with van der Waals surface area (Å²) in [5, 5.41) is 12.7. The molecule has 108 valence electrons. The van der Waals surface area contributed by atoms with E-state index in [2.05, 4.69) is 12.1 Å². The number of nitrogens with zero attached hydrogens (tertiary/aromatic N) is 1. The molecule has 2 rings (SSSR count). The fourth-order valence-electron chi connectivity index (χ4n) is 2.68. The van der Waals surface area contributed by atoms with E-state index in [0.29, 0.717) is 5.71 Å². The molecular weight excluding hydrogens is 277 g/mol. The average Bonchev–Trinajstić information content (AvgIpc) is 2.85. The molecule has 0 bridgehead atoms. The highest BCUT2D eigenvalue weighted by Gasteiger charge is 2.23. The molecule has 2 nitrogen and oxygen atoms in total. The van der Waals surface area contributed by atoms with Gasteiger partial charge in [0, 0.05) is 5.57 Å². The van der Waals surface area contributed by atoms with Gasteiger partial charge in [-0.3, -0.25) is 0 Å². The zero-order valence-electron chi connectivity index (χ0n) is 11.6. The van der Waals surface area contributed by atoms with Crippen molar-refractivity contribution in [1.82, 2.24) is 0 Å². The van der Waals surface area contributed by atoms with Crippen LogP contribution in [0.2, 0.25) is 5.02 Å². The summed E-state index contributed by atoms with van der Waals surface area (Å²) in [6.45, 7) is 2.17. The second-order valence-electron chi connectivity index (χ2n) is 5.11. The van der Waals surface area contributed by atoms with Crippen molar-refractivity contribution in [2.45, 2.75) is 45.4 Å². The molecule has 0 spiro atoms. The highest BCUT2D eigenvalue weighted by atomic mass is 35.5. The van der Waals surface area contributed by atoms with E-state index in [9.17, 15) is 4.39 Å². The lowest BCUT2D eigenvalue weighted by atomic mass is 9.97. The minimum Gasteiger partial charge on any atom is -0.411 e. The average molecular weight is 296 g/mol. The second-order valence-corrected chi connectivity index (χ2v) is 5.52. The predicted molar refractivity (Wildman–Crippen MR) is 80.9 cm³/mol. The third kappa shape index (κ3) is 3.21. The van der Waals surface area contributed by atoms with E-state index in [1.807, 2.05) is 0 Å². The van der Waals surface area contributed by atoms with Crippen molar-refractivity contribution < 1.29 is 9.60 Å². The van der Waals surface area contributed by atoms with Crippen molar-refractivity contribution in [1.29, 1.82) is 0 Å². The molecule has 4 heteroatoms. The van der Waals surface area contributed by atoms with Crippen LogP contribution in [0.15, 0.2) is 28.9 Å². The van der Waals surface area contributed by atoms with E-state index < -0.39 is 5.82 Å². The Morgan fingerprint density at radius 1 is 1.30 bits per heavy atom. The number of rotatable bonds is 5. The number of benzene rings is 1. The van der Waals surface area contributed by atoms with Crippen LogP contribution >= 0.6 is 11.6 Å². The second kappa shape index (κ2) is 6.89. The summed E-state index contributed by atoms with van der Waals surface area (Å²) in [4.78, 5) is 0. The van der Waals surface area contributed by atoms with Crippen LogP contribution in [0.4, 0.5) is 4.39 Å². The Kier molecular flexibility index (Phi) is 5.18. The predicted octanol–water partition coefficient (Wildman–Crippen LogP) is 5.44. The number of allylic oxidation sites excluding steroid dienone is 2. The van der Waals surface area contributed by atoms with E-state index in [0.717, 1.165) is 36.8 Å². The molecule has 1 aromatic carbocycles. The lowest BCUT2D eigenvalue weighted by Crippen LogP contribution is -1.98. The van der Waals surface area contributed by atoms with Gasteiger partial charge in [0.1, 0.15) is 5.82 Å². The van der Waals surface area contributed by atoms with E-state index in [4.69, 9.17) is 16.8 Å². The molecule has 0 radical (unpaired) electrons. The first-order valence-corrected chi connectivity index (χ1v) is 7.44. The molecule has 0 saturated carbocycles. The summed E-state index contributed by atoms with van der Waals surface area (Å²) in [7, 11) is 0. The van der Waals surface area contributed by atoms with Gasteiger partial charge in [0.2, 0.25) is 0 Å². The van der Waals surface area contributed by atoms with Crippen molar-refractivity contribution in [2.75, 3.05) is 0 Å². The monoisotopic (exact) mass is 295 g/mol. The molecular formula is C16H19ClFNO. The van der Waals surface area contributed by atoms with Crippen molar-refractivity contribution in [3.05, 3.63) is 40.2 Å².